The lowest BCUT2D eigenvalue weighted by Gasteiger charge is -2.28. The van der Waals surface area contributed by atoms with Crippen molar-refractivity contribution < 1.29 is 22.7 Å². The first-order valence-electron chi connectivity index (χ1n) is 9.03. The summed E-state index contributed by atoms with van der Waals surface area (Å²) < 4.78 is 43.5. The van der Waals surface area contributed by atoms with E-state index in [0.29, 0.717) is 6.42 Å². The molecule has 138 valence electrons. The Balaban J connectivity index is 3.67. The van der Waals surface area contributed by atoms with Gasteiger partial charge in [0.1, 0.15) is 0 Å². The molecule has 0 aliphatic carbocycles. The Labute approximate surface area is 139 Å². The topological polar surface area (TPSA) is 26.3 Å². The summed E-state index contributed by atoms with van der Waals surface area (Å²) in [7, 11) is 0. The van der Waals surface area contributed by atoms with Crippen LogP contribution in [-0.2, 0) is 9.53 Å². The van der Waals surface area contributed by atoms with Gasteiger partial charge in [0.2, 0.25) is 0 Å². The third-order valence-corrected chi connectivity index (χ3v) is 4.51. The zero-order valence-electron chi connectivity index (χ0n) is 14.9. The van der Waals surface area contributed by atoms with Gasteiger partial charge in [-0.3, -0.25) is 4.79 Å². The number of hydrogen-bond donors (Lipinski definition) is 0. The molecule has 5 heteroatoms. The van der Waals surface area contributed by atoms with E-state index < -0.39 is 17.6 Å². The number of esters is 1. The van der Waals surface area contributed by atoms with E-state index in [4.69, 9.17) is 4.74 Å². The summed E-state index contributed by atoms with van der Waals surface area (Å²) in [6.07, 6.45) is 6.51. The molecule has 1 atom stereocenters. The number of ether oxygens (including phenoxy) is 1. The van der Waals surface area contributed by atoms with Gasteiger partial charge in [0, 0.05) is 0 Å². The first-order valence-corrected chi connectivity index (χ1v) is 9.03. The van der Waals surface area contributed by atoms with Gasteiger partial charge in [-0.1, -0.05) is 71.6 Å². The van der Waals surface area contributed by atoms with Crippen LogP contribution in [0.4, 0.5) is 13.2 Å². The van der Waals surface area contributed by atoms with E-state index in [1.165, 1.54) is 45.4 Å². The molecule has 23 heavy (non-hydrogen) atoms. The van der Waals surface area contributed by atoms with E-state index in [0.717, 1.165) is 26.2 Å². The second-order valence-corrected chi connectivity index (χ2v) is 6.50. The number of carbonyl (C=O) groups excluding carboxylic acids is 1. The molecule has 0 fully saturated rings. The van der Waals surface area contributed by atoms with Gasteiger partial charge in [-0.15, -0.1) is 0 Å². The summed E-state index contributed by atoms with van der Waals surface area (Å²) in [4.78, 5) is 11.7. The predicted molar refractivity (Wildman–Crippen MR) is 87.3 cm³/mol. The van der Waals surface area contributed by atoms with Gasteiger partial charge in [0.25, 0.3) is 0 Å². The van der Waals surface area contributed by atoms with E-state index in [2.05, 4.69) is 6.92 Å². The molecule has 0 spiro atoms. The van der Waals surface area contributed by atoms with Crippen molar-refractivity contribution in [2.45, 2.75) is 97.6 Å². The smallest absolute Gasteiger partial charge is 0.404 e. The first kappa shape index (κ1) is 22.3. The first-order chi connectivity index (χ1) is 10.8. The monoisotopic (exact) mass is 338 g/mol. The Hall–Kier alpha value is -0.740. The van der Waals surface area contributed by atoms with Crippen molar-refractivity contribution in [1.82, 2.24) is 0 Å². The minimum Gasteiger partial charge on any atom is -0.465 e. The highest BCUT2D eigenvalue weighted by atomic mass is 19.4. The standard InChI is InChI=1S/C18H33F3O2/c1-4-6-7-8-9-10-11-12-13-14-15-23-16(22)17(3,5-2)18(19,20)21/h4-15H2,1-3H3. The fraction of sp³-hybridized carbons (Fsp3) is 0.944. The summed E-state index contributed by atoms with van der Waals surface area (Å²) in [5.41, 5.74) is -2.38. The van der Waals surface area contributed by atoms with Gasteiger partial charge >= 0.3 is 12.1 Å². The fourth-order valence-electron chi connectivity index (χ4n) is 2.37. The SMILES string of the molecule is CCCCCCCCCCCCOC(=O)C(C)(CC)C(F)(F)F. The molecule has 0 amide bonds. The van der Waals surface area contributed by atoms with Crippen molar-refractivity contribution in [3.63, 3.8) is 0 Å². The molecular formula is C18H33F3O2. The van der Waals surface area contributed by atoms with Crippen LogP contribution in [-0.4, -0.2) is 18.8 Å². The van der Waals surface area contributed by atoms with Crippen LogP contribution in [0.5, 0.6) is 0 Å². The molecule has 0 aromatic heterocycles. The molecule has 0 N–H and O–H groups in total. The van der Waals surface area contributed by atoms with E-state index in [1.54, 1.807) is 0 Å². The van der Waals surface area contributed by atoms with Crippen LogP contribution in [0.25, 0.3) is 0 Å². The van der Waals surface area contributed by atoms with Crippen LogP contribution in [0.2, 0.25) is 0 Å². The molecule has 0 aromatic carbocycles. The maximum Gasteiger partial charge on any atom is 0.404 e. The lowest BCUT2D eigenvalue weighted by atomic mass is 9.87. The summed E-state index contributed by atoms with van der Waals surface area (Å²) >= 11 is 0. The highest BCUT2D eigenvalue weighted by molar-refractivity contribution is 5.77. The summed E-state index contributed by atoms with van der Waals surface area (Å²) in [6, 6.07) is 0. The van der Waals surface area contributed by atoms with E-state index in [9.17, 15) is 18.0 Å². The fourth-order valence-corrected chi connectivity index (χ4v) is 2.37. The molecule has 1 unspecified atom stereocenters. The largest absolute Gasteiger partial charge is 0.465 e. The Morgan fingerprint density at radius 2 is 1.26 bits per heavy atom. The lowest BCUT2D eigenvalue weighted by Crippen LogP contribution is -2.43. The Morgan fingerprint density at radius 1 is 0.826 bits per heavy atom. The van der Waals surface area contributed by atoms with Gasteiger partial charge in [0.15, 0.2) is 5.41 Å². The van der Waals surface area contributed by atoms with Gasteiger partial charge in [-0.25, -0.2) is 0 Å². The maximum absolute atomic E-state index is 12.9. The van der Waals surface area contributed by atoms with Crippen molar-refractivity contribution in [2.24, 2.45) is 5.41 Å². The van der Waals surface area contributed by atoms with Gasteiger partial charge in [-0.2, -0.15) is 13.2 Å². The van der Waals surface area contributed by atoms with Crippen molar-refractivity contribution in [1.29, 1.82) is 0 Å². The molecule has 0 aliphatic heterocycles. The normalized spacial score (nSPS) is 14.5. The van der Waals surface area contributed by atoms with Crippen molar-refractivity contribution in [3.8, 4) is 0 Å². The number of hydrogen-bond acceptors (Lipinski definition) is 2. The Kier molecular flexibility index (Phi) is 11.4. The number of alkyl halides is 3. The third-order valence-electron chi connectivity index (χ3n) is 4.51. The number of halogens is 3. The van der Waals surface area contributed by atoms with Crippen molar-refractivity contribution >= 4 is 5.97 Å². The van der Waals surface area contributed by atoms with E-state index in [-0.39, 0.29) is 13.0 Å². The molecule has 0 saturated carbocycles. The number of unbranched alkanes of at least 4 members (excludes halogenated alkanes) is 9. The number of carbonyl (C=O) groups is 1. The highest BCUT2D eigenvalue weighted by Crippen LogP contribution is 2.41. The van der Waals surface area contributed by atoms with Gasteiger partial charge in [-0.05, 0) is 19.8 Å². The maximum atomic E-state index is 12.9. The number of rotatable bonds is 13. The minimum atomic E-state index is -4.56. The second kappa shape index (κ2) is 11.7. The van der Waals surface area contributed by atoms with Crippen LogP contribution in [0, 0.1) is 5.41 Å². The van der Waals surface area contributed by atoms with Crippen LogP contribution in [0.3, 0.4) is 0 Å². The summed E-state index contributed by atoms with van der Waals surface area (Å²) in [5, 5.41) is 0. The Bertz CT molecular complexity index is 316. The summed E-state index contributed by atoms with van der Waals surface area (Å²) in [6.45, 7) is 4.55. The van der Waals surface area contributed by atoms with E-state index >= 15 is 0 Å². The Morgan fingerprint density at radius 3 is 1.65 bits per heavy atom. The summed E-state index contributed by atoms with van der Waals surface area (Å²) in [5.74, 6) is -1.15. The van der Waals surface area contributed by atoms with E-state index in [1.807, 2.05) is 0 Å². The van der Waals surface area contributed by atoms with Crippen LogP contribution in [0.1, 0.15) is 91.4 Å². The van der Waals surface area contributed by atoms with Gasteiger partial charge < -0.3 is 4.74 Å². The third kappa shape index (κ3) is 8.61. The molecule has 0 rings (SSSR count). The molecule has 0 heterocycles. The van der Waals surface area contributed by atoms with Crippen LogP contribution >= 0.6 is 0 Å². The molecule has 2 nitrogen and oxygen atoms in total. The van der Waals surface area contributed by atoms with Crippen molar-refractivity contribution in [3.05, 3.63) is 0 Å². The van der Waals surface area contributed by atoms with Crippen molar-refractivity contribution in [2.75, 3.05) is 6.61 Å². The average molecular weight is 338 g/mol. The zero-order valence-corrected chi connectivity index (χ0v) is 14.9. The quantitative estimate of drug-likeness (QED) is 0.286. The molecule has 0 radical (unpaired) electrons. The average Bonchev–Trinajstić information content (AvgIpc) is 2.50. The van der Waals surface area contributed by atoms with Crippen LogP contribution < -0.4 is 0 Å². The van der Waals surface area contributed by atoms with Crippen LogP contribution in [0.15, 0.2) is 0 Å². The zero-order chi connectivity index (χ0) is 17.8. The molecule has 0 bridgehead atoms. The highest BCUT2D eigenvalue weighted by Gasteiger charge is 2.56. The molecular weight excluding hydrogens is 305 g/mol. The minimum absolute atomic E-state index is 0.0843. The predicted octanol–water partition coefficient (Wildman–Crippen LogP) is 6.43. The second-order valence-electron chi connectivity index (χ2n) is 6.50. The molecule has 0 aliphatic rings. The lowest BCUT2D eigenvalue weighted by molar-refractivity contribution is -0.230. The molecule has 0 aromatic rings. The molecule has 0 saturated heterocycles. The van der Waals surface area contributed by atoms with Gasteiger partial charge in [0.05, 0.1) is 6.61 Å².